The molecule has 2 aliphatic heterocycles. The molecule has 0 N–H and O–H groups in total. The topological polar surface area (TPSA) is 80.6 Å². The molecular weight excluding hydrogens is 559 g/mol. The summed E-state index contributed by atoms with van der Waals surface area (Å²) in [6, 6.07) is 6.65. The number of carbonyl (C=O) groups is 1. The summed E-state index contributed by atoms with van der Waals surface area (Å²) in [5, 5.41) is -0.0409. The average molecular weight is 590 g/mol. The predicted molar refractivity (Wildman–Crippen MR) is 157 cm³/mol. The summed E-state index contributed by atoms with van der Waals surface area (Å²) >= 11 is 0. The van der Waals surface area contributed by atoms with E-state index in [1.54, 1.807) is 24.1 Å². The van der Waals surface area contributed by atoms with Crippen molar-refractivity contribution in [3.63, 3.8) is 0 Å². The van der Waals surface area contributed by atoms with Crippen LogP contribution in [0.2, 0.25) is 0 Å². The molecule has 2 aromatic carbocycles. The molecule has 1 amide bonds. The number of piperazine rings is 1. The Kier molecular flexibility index (Phi) is 7.19. The molecule has 4 aromatic rings. The lowest BCUT2D eigenvalue weighted by molar-refractivity contribution is -0.126. The second-order valence-corrected chi connectivity index (χ2v) is 11.1. The number of anilines is 1. The summed E-state index contributed by atoms with van der Waals surface area (Å²) in [7, 11) is 0. The third-order valence-electron chi connectivity index (χ3n) is 8.16. The molecule has 8 nitrogen and oxygen atoms in total. The van der Waals surface area contributed by atoms with Crippen LogP contribution in [0.3, 0.4) is 0 Å². The van der Waals surface area contributed by atoms with Gasteiger partial charge in [0.25, 0.3) is 0 Å². The Morgan fingerprint density at radius 1 is 1.14 bits per heavy atom. The Labute approximate surface area is 246 Å². The molecule has 222 valence electrons. The van der Waals surface area contributed by atoms with E-state index in [1.807, 2.05) is 18.7 Å². The largest absolute Gasteiger partial charge is 0.490 e. The zero-order chi connectivity index (χ0) is 30.6. The van der Waals surface area contributed by atoms with Crippen LogP contribution >= 0.6 is 0 Å². The molecule has 43 heavy (non-hydrogen) atoms. The number of carbonyl (C=O) groups excluding carboxylic acids is 1. The number of nitrogens with zero attached hydrogens (tertiary/aromatic N) is 5. The number of aromatic nitrogens is 3. The summed E-state index contributed by atoms with van der Waals surface area (Å²) in [5.74, 6) is -3.72. The fraction of sp³-hybridized carbons (Fsp3) is 0.312. The van der Waals surface area contributed by atoms with E-state index in [1.165, 1.54) is 24.3 Å². The fourth-order valence-electron chi connectivity index (χ4n) is 6.11. The fourth-order valence-corrected chi connectivity index (χ4v) is 6.11. The molecule has 1 unspecified atom stereocenters. The van der Waals surface area contributed by atoms with Crippen molar-refractivity contribution in [2.45, 2.75) is 39.2 Å². The molecule has 11 heteroatoms. The molecule has 0 spiro atoms. The van der Waals surface area contributed by atoms with Crippen LogP contribution in [0.1, 0.15) is 37.4 Å². The summed E-state index contributed by atoms with van der Waals surface area (Å²) in [5.41, 5.74) is -0.585. The number of hydrogen-bond donors (Lipinski definition) is 0. The van der Waals surface area contributed by atoms with Crippen LogP contribution < -0.4 is 15.3 Å². The molecule has 2 aromatic heterocycles. The van der Waals surface area contributed by atoms with Gasteiger partial charge in [-0.1, -0.05) is 38.6 Å². The highest BCUT2D eigenvalue weighted by molar-refractivity contribution is 6.00. The first-order valence-electron chi connectivity index (χ1n) is 14.1. The van der Waals surface area contributed by atoms with Crippen LogP contribution in [-0.2, 0) is 4.79 Å². The van der Waals surface area contributed by atoms with Crippen molar-refractivity contribution in [1.29, 1.82) is 0 Å². The monoisotopic (exact) mass is 589 g/mol. The smallest absolute Gasteiger partial charge is 0.354 e. The van der Waals surface area contributed by atoms with Gasteiger partial charge in [0.15, 0.2) is 17.4 Å². The second kappa shape index (κ2) is 10.9. The average Bonchev–Trinajstić information content (AvgIpc) is 2.98. The number of halogens is 3. The van der Waals surface area contributed by atoms with Crippen LogP contribution in [0.4, 0.5) is 19.0 Å². The van der Waals surface area contributed by atoms with Gasteiger partial charge in [-0.3, -0.25) is 14.3 Å². The maximum absolute atomic E-state index is 17.0. The van der Waals surface area contributed by atoms with E-state index in [0.717, 1.165) is 10.6 Å². The number of amides is 1. The van der Waals surface area contributed by atoms with E-state index in [-0.39, 0.29) is 65.6 Å². The van der Waals surface area contributed by atoms with E-state index in [4.69, 9.17) is 4.74 Å². The molecule has 6 rings (SSSR count). The highest BCUT2D eigenvalue weighted by atomic mass is 19.1. The maximum Gasteiger partial charge on any atom is 0.354 e. The minimum absolute atomic E-state index is 0.0212. The predicted octanol–water partition coefficient (Wildman–Crippen LogP) is 5.28. The summed E-state index contributed by atoms with van der Waals surface area (Å²) in [4.78, 5) is 38.8. The van der Waals surface area contributed by atoms with Gasteiger partial charge >= 0.3 is 5.69 Å². The SMILES string of the molecule is C=CC(=O)N1CCN2c3nc(=O)n(-c4c(C)ccnc4C(C)C)c4c(F)c(-c5ccccc5F)c(F)c(c34)OCCC2C1. The van der Waals surface area contributed by atoms with Crippen molar-refractivity contribution in [3.8, 4) is 22.6 Å². The first-order chi connectivity index (χ1) is 20.6. The van der Waals surface area contributed by atoms with Crippen LogP contribution in [0.15, 0.2) is 54.0 Å². The lowest BCUT2D eigenvalue weighted by atomic mass is 9.98. The van der Waals surface area contributed by atoms with E-state index < -0.39 is 28.7 Å². The Hall–Kier alpha value is -4.67. The third-order valence-corrected chi connectivity index (χ3v) is 8.16. The third kappa shape index (κ3) is 4.54. The van der Waals surface area contributed by atoms with Crippen molar-refractivity contribution in [2.75, 3.05) is 31.1 Å². The minimum atomic E-state index is -1.12. The number of ether oxygens (including phenoxy) is 1. The second-order valence-electron chi connectivity index (χ2n) is 11.1. The lowest BCUT2D eigenvalue weighted by Gasteiger charge is -2.43. The number of aryl methyl sites for hydroxylation is 1. The molecule has 1 atom stereocenters. The van der Waals surface area contributed by atoms with Crippen molar-refractivity contribution in [2.24, 2.45) is 0 Å². The standard InChI is InChI=1S/C32H30F3N5O3/c1-5-22(41)38-13-14-39-19(16-38)11-15-43-30-24-29(25(34)23(26(30)35)20-8-6-7-9-21(20)33)40(32(42)37-31(24)39)28-18(4)10-12-36-27(28)17(2)3/h5-10,12,17,19H,1,11,13-16H2,2-4H3. The summed E-state index contributed by atoms with van der Waals surface area (Å²) in [6.07, 6.45) is 3.20. The number of benzene rings is 2. The molecule has 0 aliphatic carbocycles. The van der Waals surface area contributed by atoms with Crippen molar-refractivity contribution < 1.29 is 22.7 Å². The quantitative estimate of drug-likeness (QED) is 0.302. The maximum atomic E-state index is 17.0. The molecule has 0 saturated carbocycles. The minimum Gasteiger partial charge on any atom is -0.490 e. The van der Waals surface area contributed by atoms with E-state index >= 15 is 13.2 Å². The number of fused-ring (bicyclic) bond motifs is 2. The highest BCUT2D eigenvalue weighted by Gasteiger charge is 2.37. The van der Waals surface area contributed by atoms with E-state index in [9.17, 15) is 9.59 Å². The zero-order valence-electron chi connectivity index (χ0n) is 24.0. The number of rotatable bonds is 4. The molecule has 4 heterocycles. The Balaban J connectivity index is 1.75. The van der Waals surface area contributed by atoms with Gasteiger partial charge < -0.3 is 14.5 Å². The van der Waals surface area contributed by atoms with Crippen LogP contribution in [0.25, 0.3) is 27.7 Å². The van der Waals surface area contributed by atoms with Gasteiger partial charge in [0.05, 0.1) is 35.0 Å². The number of pyridine rings is 1. The van der Waals surface area contributed by atoms with Crippen molar-refractivity contribution in [1.82, 2.24) is 19.4 Å². The summed E-state index contributed by atoms with van der Waals surface area (Å²) < 4.78 is 55.7. The molecule has 2 aliphatic rings. The first kappa shape index (κ1) is 28.4. The Bertz CT molecular complexity index is 1850. The molecular formula is C32H30F3N5O3. The van der Waals surface area contributed by atoms with Crippen LogP contribution in [0, 0.1) is 24.4 Å². The van der Waals surface area contributed by atoms with E-state index in [0.29, 0.717) is 29.9 Å². The Morgan fingerprint density at radius 3 is 2.63 bits per heavy atom. The molecule has 0 radical (unpaired) electrons. The van der Waals surface area contributed by atoms with Gasteiger partial charge in [-0.15, -0.1) is 0 Å². The van der Waals surface area contributed by atoms with Crippen molar-refractivity contribution in [3.05, 3.63) is 88.4 Å². The number of hydrogen-bond acceptors (Lipinski definition) is 6. The zero-order valence-corrected chi connectivity index (χ0v) is 24.0. The van der Waals surface area contributed by atoms with Gasteiger partial charge in [-0.25, -0.2) is 18.0 Å². The van der Waals surface area contributed by atoms with Crippen LogP contribution in [0.5, 0.6) is 5.75 Å². The molecule has 1 saturated heterocycles. The Morgan fingerprint density at radius 2 is 1.91 bits per heavy atom. The van der Waals surface area contributed by atoms with Crippen LogP contribution in [-0.4, -0.2) is 57.6 Å². The molecule has 1 fully saturated rings. The van der Waals surface area contributed by atoms with Gasteiger partial charge in [0, 0.05) is 37.8 Å². The lowest BCUT2D eigenvalue weighted by Crippen LogP contribution is -2.56. The highest BCUT2D eigenvalue weighted by Crippen LogP contribution is 2.45. The van der Waals surface area contributed by atoms with Gasteiger partial charge in [0.2, 0.25) is 5.91 Å². The first-order valence-corrected chi connectivity index (χ1v) is 14.1. The molecule has 0 bridgehead atoms. The van der Waals surface area contributed by atoms with Gasteiger partial charge in [-0.2, -0.15) is 4.98 Å². The van der Waals surface area contributed by atoms with Crippen molar-refractivity contribution >= 4 is 22.6 Å². The normalized spacial score (nSPS) is 16.5. The van der Waals surface area contributed by atoms with Gasteiger partial charge in [-0.05, 0) is 36.6 Å². The van der Waals surface area contributed by atoms with E-state index in [2.05, 4.69) is 16.5 Å². The van der Waals surface area contributed by atoms with Gasteiger partial charge in [0.1, 0.15) is 17.2 Å². The summed E-state index contributed by atoms with van der Waals surface area (Å²) in [6.45, 7) is 9.98.